The van der Waals surface area contributed by atoms with Gasteiger partial charge in [0.05, 0.1) is 5.60 Å². The van der Waals surface area contributed by atoms with Gasteiger partial charge in [-0.3, -0.25) is 0 Å². The van der Waals surface area contributed by atoms with Crippen molar-refractivity contribution >= 4 is 0 Å². The zero-order valence-corrected chi connectivity index (χ0v) is 20.8. The maximum absolute atomic E-state index is 10.9. The molecule has 0 aromatic rings. The van der Waals surface area contributed by atoms with Crippen LogP contribution in [0.3, 0.4) is 0 Å². The van der Waals surface area contributed by atoms with E-state index in [0.717, 1.165) is 48.3 Å². The van der Waals surface area contributed by atoms with Gasteiger partial charge in [0, 0.05) is 0 Å². The topological polar surface area (TPSA) is 20.2 Å². The summed E-state index contributed by atoms with van der Waals surface area (Å²) < 4.78 is 0. The highest BCUT2D eigenvalue weighted by Gasteiger charge is 2.61. The van der Waals surface area contributed by atoms with Crippen LogP contribution in [0.1, 0.15) is 112 Å². The summed E-state index contributed by atoms with van der Waals surface area (Å²) in [5.74, 6) is 6.23. The molecule has 0 saturated heterocycles. The highest BCUT2D eigenvalue weighted by atomic mass is 16.3. The van der Waals surface area contributed by atoms with Crippen molar-refractivity contribution in [2.45, 2.75) is 117 Å². The van der Waals surface area contributed by atoms with Gasteiger partial charge >= 0.3 is 0 Å². The summed E-state index contributed by atoms with van der Waals surface area (Å²) in [5, 5.41) is 10.9. The minimum Gasteiger partial charge on any atom is -0.386 e. The van der Waals surface area contributed by atoms with Gasteiger partial charge in [0.2, 0.25) is 0 Å². The van der Waals surface area contributed by atoms with Gasteiger partial charge in [-0.1, -0.05) is 60.0 Å². The number of rotatable bonds is 6. The van der Waals surface area contributed by atoms with E-state index in [1.54, 1.807) is 0 Å². The van der Waals surface area contributed by atoms with Gasteiger partial charge in [-0.2, -0.15) is 0 Å². The molecule has 172 valence electrons. The zero-order valence-electron chi connectivity index (χ0n) is 20.8. The van der Waals surface area contributed by atoms with E-state index >= 15 is 0 Å². The molecule has 4 saturated carbocycles. The fraction of sp³-hybridized carbons (Fsp3) is 0.931. The van der Waals surface area contributed by atoms with Crippen LogP contribution in [0.2, 0.25) is 0 Å². The van der Waals surface area contributed by atoms with E-state index in [-0.39, 0.29) is 0 Å². The van der Waals surface area contributed by atoms with E-state index in [1.807, 2.05) is 6.08 Å². The second-order valence-corrected chi connectivity index (χ2v) is 13.2. The molecule has 4 fully saturated rings. The molecule has 1 N–H and O–H groups in total. The van der Waals surface area contributed by atoms with Crippen molar-refractivity contribution < 1.29 is 5.11 Å². The summed E-state index contributed by atoms with van der Waals surface area (Å²) in [6, 6.07) is 0. The van der Waals surface area contributed by atoms with Crippen LogP contribution in [0, 0.1) is 52.3 Å². The first-order chi connectivity index (χ1) is 14.1. The summed E-state index contributed by atoms with van der Waals surface area (Å²) in [6.07, 6.45) is 17.9. The number of hydrogen-bond donors (Lipinski definition) is 1. The molecule has 4 aliphatic rings. The second kappa shape index (κ2) is 8.24. The molecule has 4 rings (SSSR count). The van der Waals surface area contributed by atoms with Gasteiger partial charge in [0.15, 0.2) is 0 Å². The molecule has 0 radical (unpaired) electrons. The normalized spacial score (nSPS) is 49.2. The van der Waals surface area contributed by atoms with E-state index in [9.17, 15) is 5.11 Å². The van der Waals surface area contributed by atoms with Gasteiger partial charge in [-0.25, -0.2) is 0 Å². The van der Waals surface area contributed by atoms with Crippen LogP contribution in [0.15, 0.2) is 12.7 Å². The average Bonchev–Trinajstić information content (AvgIpc) is 3.05. The quantitative estimate of drug-likeness (QED) is 0.436. The molecule has 0 bridgehead atoms. The Morgan fingerprint density at radius 1 is 0.900 bits per heavy atom. The Morgan fingerprint density at radius 2 is 1.63 bits per heavy atom. The van der Waals surface area contributed by atoms with Gasteiger partial charge in [0.25, 0.3) is 0 Å². The lowest BCUT2D eigenvalue weighted by molar-refractivity contribution is -0.141. The first-order valence-corrected chi connectivity index (χ1v) is 13.5. The lowest BCUT2D eigenvalue weighted by Gasteiger charge is -2.62. The van der Waals surface area contributed by atoms with E-state index in [0.29, 0.717) is 16.7 Å². The molecule has 0 spiro atoms. The Balaban J connectivity index is 1.47. The Hall–Kier alpha value is -0.300. The van der Waals surface area contributed by atoms with E-state index in [4.69, 9.17) is 0 Å². The Morgan fingerprint density at radius 3 is 2.33 bits per heavy atom. The Kier molecular flexibility index (Phi) is 6.28. The van der Waals surface area contributed by atoms with Crippen molar-refractivity contribution in [3.05, 3.63) is 12.7 Å². The molecule has 2 unspecified atom stereocenters. The number of hydrogen-bond acceptors (Lipinski definition) is 1. The molecule has 30 heavy (non-hydrogen) atoms. The van der Waals surface area contributed by atoms with Gasteiger partial charge < -0.3 is 5.11 Å². The molecule has 0 amide bonds. The first kappa shape index (κ1) is 22.9. The standard InChI is InChI=1S/C29H50O/c1-7-29(30)18-17-27(5)22(19-29)11-12-23-25-14-13-24(21(4)10-8-9-20(2)3)28(25,6)16-15-26(23)27/h7,20-26,30H,1,8-19H2,2-6H3/t21-,22?,23+,24-,25+,26+,27+,28-,29?/m1/s1. The summed E-state index contributed by atoms with van der Waals surface area (Å²) in [7, 11) is 0. The van der Waals surface area contributed by atoms with E-state index in [2.05, 4.69) is 41.2 Å². The fourth-order valence-electron chi connectivity index (χ4n) is 9.48. The molecular weight excluding hydrogens is 364 g/mol. The first-order valence-electron chi connectivity index (χ1n) is 13.5. The summed E-state index contributed by atoms with van der Waals surface area (Å²) in [4.78, 5) is 0. The summed E-state index contributed by atoms with van der Waals surface area (Å²) in [6.45, 7) is 16.6. The van der Waals surface area contributed by atoms with Crippen molar-refractivity contribution in [1.82, 2.24) is 0 Å². The Labute approximate surface area is 187 Å². The van der Waals surface area contributed by atoms with Crippen molar-refractivity contribution in [3.8, 4) is 0 Å². The monoisotopic (exact) mass is 414 g/mol. The van der Waals surface area contributed by atoms with Crippen LogP contribution >= 0.6 is 0 Å². The van der Waals surface area contributed by atoms with Crippen molar-refractivity contribution in [2.24, 2.45) is 52.3 Å². The third-order valence-corrected chi connectivity index (χ3v) is 11.3. The van der Waals surface area contributed by atoms with Gasteiger partial charge in [0.1, 0.15) is 0 Å². The minimum absolute atomic E-state index is 0.459. The van der Waals surface area contributed by atoms with Crippen LogP contribution in [-0.4, -0.2) is 10.7 Å². The highest BCUT2D eigenvalue weighted by molar-refractivity contribution is 5.12. The SMILES string of the molecule is C=CC1(O)CC[C@@]2(C)C(CC[C@H]3[C@@H]4CC[C@H]([C@H](C)CCCC(C)C)[C@@]4(C)CC[C@@H]32)C1. The molecule has 1 heteroatoms. The van der Waals surface area contributed by atoms with Crippen LogP contribution in [0.5, 0.6) is 0 Å². The van der Waals surface area contributed by atoms with Gasteiger partial charge in [-0.15, -0.1) is 6.58 Å². The smallest absolute Gasteiger partial charge is 0.0828 e. The highest BCUT2D eigenvalue weighted by Crippen LogP contribution is 2.68. The average molecular weight is 415 g/mol. The second-order valence-electron chi connectivity index (χ2n) is 13.2. The number of fused-ring (bicyclic) bond motifs is 5. The van der Waals surface area contributed by atoms with E-state index < -0.39 is 5.60 Å². The molecule has 9 atom stereocenters. The molecule has 1 nitrogen and oxygen atoms in total. The lowest BCUT2D eigenvalue weighted by atomic mass is 9.43. The minimum atomic E-state index is -0.593. The van der Waals surface area contributed by atoms with Crippen LogP contribution in [0.25, 0.3) is 0 Å². The van der Waals surface area contributed by atoms with Crippen molar-refractivity contribution in [1.29, 1.82) is 0 Å². The molecular formula is C29H50O. The maximum Gasteiger partial charge on any atom is 0.0828 e. The fourth-order valence-corrected chi connectivity index (χ4v) is 9.48. The van der Waals surface area contributed by atoms with E-state index in [1.165, 1.54) is 64.2 Å². The third kappa shape index (κ3) is 3.74. The van der Waals surface area contributed by atoms with Crippen LogP contribution in [0.4, 0.5) is 0 Å². The maximum atomic E-state index is 10.9. The van der Waals surface area contributed by atoms with Crippen LogP contribution < -0.4 is 0 Å². The molecule has 4 aliphatic carbocycles. The predicted molar refractivity (Wildman–Crippen MR) is 128 cm³/mol. The molecule has 0 aliphatic heterocycles. The summed E-state index contributed by atoms with van der Waals surface area (Å²) in [5.41, 5.74) is 0.461. The van der Waals surface area contributed by atoms with Gasteiger partial charge in [-0.05, 0) is 110 Å². The lowest BCUT2D eigenvalue weighted by Crippen LogP contribution is -2.55. The Bertz CT molecular complexity index is 624. The zero-order chi connectivity index (χ0) is 21.7. The summed E-state index contributed by atoms with van der Waals surface area (Å²) >= 11 is 0. The van der Waals surface area contributed by atoms with Crippen molar-refractivity contribution in [3.63, 3.8) is 0 Å². The largest absolute Gasteiger partial charge is 0.386 e. The molecule has 0 heterocycles. The van der Waals surface area contributed by atoms with Crippen molar-refractivity contribution in [2.75, 3.05) is 0 Å². The third-order valence-electron chi connectivity index (χ3n) is 11.3. The van der Waals surface area contributed by atoms with Crippen LogP contribution in [-0.2, 0) is 0 Å². The molecule has 0 aromatic heterocycles. The number of aliphatic hydroxyl groups is 1. The molecule has 0 aromatic carbocycles. The predicted octanol–water partition coefficient (Wildman–Crippen LogP) is 8.02.